The van der Waals surface area contributed by atoms with E-state index in [2.05, 4.69) is 50.8 Å². The first-order valence-electron chi connectivity index (χ1n) is 17.7. The summed E-state index contributed by atoms with van der Waals surface area (Å²) < 4.78 is 4.28. The number of pyridine rings is 4. The number of aryl methyl sites for hydroxylation is 2. The first-order chi connectivity index (χ1) is 24.6. The van der Waals surface area contributed by atoms with E-state index in [9.17, 15) is 0 Å². The molecule has 0 unspecified atom stereocenters. The molecular weight excluding hydrogens is 605 g/mol. The molecule has 0 atom stereocenters. The maximum Gasteiger partial charge on any atom is 0.146 e. The minimum absolute atomic E-state index is 0.890. The zero-order valence-electron chi connectivity index (χ0n) is 31.2. The zero-order chi connectivity index (χ0) is 36.8. The molecule has 6 heterocycles. The van der Waals surface area contributed by atoms with Gasteiger partial charge in [-0.2, -0.15) is 0 Å². The summed E-state index contributed by atoms with van der Waals surface area (Å²) in [5, 5.41) is 2.22. The normalized spacial score (nSPS) is 9.96. The Morgan fingerprint density at radius 2 is 1.02 bits per heavy atom. The summed E-state index contributed by atoms with van der Waals surface area (Å²) in [7, 11) is 18.2. The SMILES string of the molecule is CC.CC.CC.CC.[B][B][B]c1c(C)c2cccnc2n2c1nc1ccccc12.[B][B][B]c1c(C)c2cnccc2n2c1nc1ccccc12. The molecule has 0 N–H and O–H groups in total. The van der Waals surface area contributed by atoms with Crippen LogP contribution in [0.3, 0.4) is 0 Å². The van der Waals surface area contributed by atoms with Gasteiger partial charge in [-0.1, -0.05) is 90.6 Å². The first kappa shape index (κ1) is 40.0. The molecule has 6 aromatic heterocycles. The van der Waals surface area contributed by atoms with Crippen LogP contribution >= 0.6 is 0 Å². The van der Waals surface area contributed by atoms with Gasteiger partial charge in [-0.25, -0.2) is 15.0 Å². The van der Waals surface area contributed by atoms with Gasteiger partial charge in [0.2, 0.25) is 0 Å². The number of hydrogen-bond donors (Lipinski definition) is 0. The Labute approximate surface area is 303 Å². The van der Waals surface area contributed by atoms with E-state index in [1.165, 1.54) is 0 Å². The molecular formula is C38H44B6N6. The third-order valence-corrected chi connectivity index (χ3v) is 7.78. The molecule has 8 rings (SSSR count). The van der Waals surface area contributed by atoms with Gasteiger partial charge in [0, 0.05) is 59.0 Å². The van der Waals surface area contributed by atoms with E-state index >= 15 is 0 Å². The van der Waals surface area contributed by atoms with Crippen molar-refractivity contribution in [3.05, 3.63) is 96.4 Å². The standard InChI is InChI=1S/2C15H10B3N3.4C2H6/c1-9-10-5-4-8-19-14(10)21-12-7-3-2-6-11(12)20-15(21)13(9)17-18-16;1-9-10-8-19-7-6-12(10)21-13-5-3-2-4-11(13)20-15(21)14(9)17-18-16;4*1-2/h2*2-8H,1H3;4*1-2H3. The summed E-state index contributed by atoms with van der Waals surface area (Å²) in [5.74, 6) is 0. The van der Waals surface area contributed by atoms with Crippen LogP contribution in [0.5, 0.6) is 0 Å². The quantitative estimate of drug-likeness (QED) is 0.196. The topological polar surface area (TPSA) is 60.4 Å². The van der Waals surface area contributed by atoms with Crippen LogP contribution < -0.4 is 10.9 Å². The van der Waals surface area contributed by atoms with E-state index in [1.807, 2.05) is 137 Å². The second-order valence-corrected chi connectivity index (χ2v) is 10.1. The number of rotatable bonds is 4. The van der Waals surface area contributed by atoms with Crippen molar-refractivity contribution in [3.63, 3.8) is 0 Å². The number of benzene rings is 2. The van der Waals surface area contributed by atoms with Crippen molar-refractivity contribution in [1.82, 2.24) is 28.7 Å². The maximum atomic E-state index is 5.63. The molecule has 0 bridgehead atoms. The minimum Gasteiger partial charge on any atom is -0.293 e. The number of hydrogen-bond acceptors (Lipinski definition) is 4. The van der Waals surface area contributed by atoms with Gasteiger partial charge in [-0.05, 0) is 67.4 Å². The lowest BCUT2D eigenvalue weighted by Gasteiger charge is -2.12. The van der Waals surface area contributed by atoms with Crippen molar-refractivity contribution >= 4 is 110 Å². The molecule has 2 aromatic carbocycles. The highest BCUT2D eigenvalue weighted by atomic mass is 15.1. The Balaban J connectivity index is 0.000000226. The van der Waals surface area contributed by atoms with Gasteiger partial charge in [0.1, 0.15) is 31.3 Å². The predicted octanol–water partition coefficient (Wildman–Crippen LogP) is 6.86. The van der Waals surface area contributed by atoms with Gasteiger partial charge in [0.15, 0.2) is 0 Å². The molecule has 0 aliphatic carbocycles. The second kappa shape index (κ2) is 19.7. The largest absolute Gasteiger partial charge is 0.293 e. The minimum atomic E-state index is 0.890. The fraction of sp³-hybridized carbons (Fsp3) is 0.263. The summed E-state index contributed by atoms with van der Waals surface area (Å²) >= 11 is 0. The van der Waals surface area contributed by atoms with Crippen LogP contribution in [-0.4, -0.2) is 72.7 Å². The Morgan fingerprint density at radius 1 is 0.520 bits per heavy atom. The number of aromatic nitrogens is 6. The van der Waals surface area contributed by atoms with Gasteiger partial charge < -0.3 is 0 Å². The highest BCUT2D eigenvalue weighted by molar-refractivity contribution is 7.28. The van der Waals surface area contributed by atoms with Crippen LogP contribution in [-0.2, 0) is 0 Å². The second-order valence-electron chi connectivity index (χ2n) is 10.1. The van der Waals surface area contributed by atoms with Gasteiger partial charge >= 0.3 is 0 Å². The molecule has 0 aliphatic rings. The van der Waals surface area contributed by atoms with E-state index in [0.29, 0.717) is 0 Å². The van der Waals surface area contributed by atoms with Crippen molar-refractivity contribution < 1.29 is 0 Å². The lowest BCUT2D eigenvalue weighted by Crippen LogP contribution is -2.27. The maximum absolute atomic E-state index is 5.63. The van der Waals surface area contributed by atoms with E-state index in [4.69, 9.17) is 25.4 Å². The number of imidazole rings is 2. The lowest BCUT2D eigenvalue weighted by atomic mass is 9.26. The zero-order valence-corrected chi connectivity index (χ0v) is 31.2. The van der Waals surface area contributed by atoms with Gasteiger partial charge in [-0.3, -0.25) is 13.8 Å². The molecule has 8 radical (unpaired) electrons. The molecule has 0 saturated heterocycles. The lowest BCUT2D eigenvalue weighted by molar-refractivity contribution is 1.22. The highest BCUT2D eigenvalue weighted by Crippen LogP contribution is 2.25. The molecule has 0 spiro atoms. The van der Waals surface area contributed by atoms with Crippen LogP contribution in [0.2, 0.25) is 0 Å². The van der Waals surface area contributed by atoms with Crippen molar-refractivity contribution in [2.75, 3.05) is 0 Å². The van der Waals surface area contributed by atoms with Crippen LogP contribution in [0.1, 0.15) is 66.5 Å². The van der Waals surface area contributed by atoms with Crippen molar-refractivity contribution in [1.29, 1.82) is 0 Å². The summed E-state index contributed by atoms with van der Waals surface area (Å²) in [6, 6.07) is 22.3. The predicted molar refractivity (Wildman–Crippen MR) is 225 cm³/mol. The fourth-order valence-electron chi connectivity index (χ4n) is 5.83. The van der Waals surface area contributed by atoms with E-state index in [1.54, 1.807) is 14.1 Å². The van der Waals surface area contributed by atoms with Gasteiger partial charge in [0.25, 0.3) is 0 Å². The van der Waals surface area contributed by atoms with Gasteiger partial charge in [0.05, 0.1) is 27.6 Å². The molecule has 0 aliphatic heterocycles. The average molecular weight is 650 g/mol. The number of fused-ring (bicyclic) bond motifs is 10. The highest BCUT2D eigenvalue weighted by Gasteiger charge is 2.17. The summed E-state index contributed by atoms with van der Waals surface area (Å²) in [4.78, 5) is 18.4. The Morgan fingerprint density at radius 3 is 1.58 bits per heavy atom. The molecule has 12 heteroatoms. The Bertz CT molecular complexity index is 2120. The summed E-state index contributed by atoms with van der Waals surface area (Å²) in [6.07, 6.45) is 5.52. The summed E-state index contributed by atoms with van der Waals surface area (Å²) in [6.45, 7) is 20.2. The van der Waals surface area contributed by atoms with Crippen molar-refractivity contribution in [2.45, 2.75) is 69.2 Å². The van der Waals surface area contributed by atoms with Crippen LogP contribution in [0.25, 0.3) is 55.3 Å². The van der Waals surface area contributed by atoms with Crippen LogP contribution in [0, 0.1) is 13.8 Å². The average Bonchev–Trinajstić information content (AvgIpc) is 3.78. The summed E-state index contributed by atoms with van der Waals surface area (Å²) in [5.41, 5.74) is 12.3. The molecule has 6 nitrogen and oxygen atoms in total. The monoisotopic (exact) mass is 650 g/mol. The first-order valence-corrected chi connectivity index (χ1v) is 17.7. The number of para-hydroxylation sites is 4. The van der Waals surface area contributed by atoms with Gasteiger partial charge in [-0.15, -0.1) is 0 Å². The van der Waals surface area contributed by atoms with Crippen molar-refractivity contribution in [2.24, 2.45) is 0 Å². The molecule has 8 aromatic rings. The van der Waals surface area contributed by atoms with E-state index < -0.39 is 0 Å². The fourth-order valence-corrected chi connectivity index (χ4v) is 5.83. The Kier molecular flexibility index (Phi) is 15.7. The molecule has 244 valence electrons. The molecule has 0 saturated carbocycles. The Hall–Kier alpha value is -4.45. The molecule has 50 heavy (non-hydrogen) atoms. The van der Waals surface area contributed by atoms with E-state index in [-0.39, 0.29) is 0 Å². The van der Waals surface area contributed by atoms with E-state index in [0.717, 1.165) is 77.3 Å². The molecule has 0 amide bonds. The third-order valence-electron chi connectivity index (χ3n) is 7.78. The van der Waals surface area contributed by atoms with Crippen LogP contribution in [0.4, 0.5) is 0 Å². The number of nitrogens with zero attached hydrogens (tertiary/aromatic N) is 6. The smallest absolute Gasteiger partial charge is 0.146 e. The van der Waals surface area contributed by atoms with Crippen molar-refractivity contribution in [3.8, 4) is 0 Å². The molecule has 0 fully saturated rings. The third kappa shape index (κ3) is 7.65. The van der Waals surface area contributed by atoms with Crippen LogP contribution in [0.15, 0.2) is 85.3 Å².